The molecule has 4 aromatic heterocycles. The lowest BCUT2D eigenvalue weighted by atomic mass is 10.2. The van der Waals surface area contributed by atoms with Crippen LogP contribution in [0.1, 0.15) is 16.3 Å². The Bertz CT molecular complexity index is 1420. The van der Waals surface area contributed by atoms with Crippen LogP contribution in [0, 0.1) is 6.92 Å². The quantitative estimate of drug-likeness (QED) is 0.451. The molecule has 0 N–H and O–H groups in total. The molecule has 0 saturated carbocycles. The number of aromatic nitrogens is 6. The highest BCUT2D eigenvalue weighted by molar-refractivity contribution is 7.90. The van der Waals surface area contributed by atoms with E-state index in [4.69, 9.17) is 0 Å². The van der Waals surface area contributed by atoms with Gasteiger partial charge in [-0.05, 0) is 31.2 Å². The summed E-state index contributed by atoms with van der Waals surface area (Å²) in [4.78, 5) is 21.2. The summed E-state index contributed by atoms with van der Waals surface area (Å²) < 4.78 is 27.4. The third-order valence-corrected chi connectivity index (χ3v) is 6.30. The zero-order valence-electron chi connectivity index (χ0n) is 17.0. The van der Waals surface area contributed by atoms with Crippen LogP contribution < -0.4 is 4.90 Å². The van der Waals surface area contributed by atoms with Gasteiger partial charge < -0.3 is 9.80 Å². The van der Waals surface area contributed by atoms with E-state index in [0.717, 1.165) is 12.1 Å². The Kier molecular flexibility index (Phi) is 4.39. The monoisotopic (exact) mass is 440 g/mol. The fraction of sp³-hybridized carbons (Fsp3) is 0.316. The zero-order valence-corrected chi connectivity index (χ0v) is 17.8. The number of carbonyl (C=O) groups is 1. The Balaban J connectivity index is 1.38. The minimum Gasteiger partial charge on any atom is -0.352 e. The highest BCUT2D eigenvalue weighted by atomic mass is 32.2. The molecule has 0 aromatic carbocycles. The number of imidazole rings is 1. The number of carbonyl (C=O) groups excluding carboxylic acids is 1. The van der Waals surface area contributed by atoms with Gasteiger partial charge in [-0.25, -0.2) is 13.4 Å². The molecule has 1 amide bonds. The minimum absolute atomic E-state index is 0.133. The van der Waals surface area contributed by atoms with Gasteiger partial charge in [-0.15, -0.1) is 15.3 Å². The standard InChI is InChI=1S/C19H20N8O3S/c1-13-21-22-15-6-7-16(23-27(13)15)24-9-11-25(12-10-24)18(28)17-14-5-3-4-8-26(14)19(20-17)31(2,29)30/h3-8H,9-12H2,1-2H3. The molecule has 5 rings (SSSR count). The zero-order chi connectivity index (χ0) is 21.8. The highest BCUT2D eigenvalue weighted by Crippen LogP contribution is 2.20. The first kappa shape index (κ1) is 19.4. The summed E-state index contributed by atoms with van der Waals surface area (Å²) in [5.74, 6) is 1.21. The van der Waals surface area contributed by atoms with Crippen LogP contribution in [0.15, 0.2) is 41.7 Å². The first-order chi connectivity index (χ1) is 14.8. The normalized spacial score (nSPS) is 15.2. The maximum absolute atomic E-state index is 13.2. The Morgan fingerprint density at radius 3 is 2.55 bits per heavy atom. The largest absolute Gasteiger partial charge is 0.352 e. The topological polar surface area (TPSA) is 118 Å². The molecular formula is C19H20N8O3S. The molecule has 0 radical (unpaired) electrons. The van der Waals surface area contributed by atoms with Gasteiger partial charge in [0.2, 0.25) is 15.0 Å². The van der Waals surface area contributed by atoms with E-state index in [1.807, 2.05) is 19.1 Å². The van der Waals surface area contributed by atoms with E-state index in [2.05, 4.69) is 25.2 Å². The van der Waals surface area contributed by atoms with E-state index >= 15 is 0 Å². The average molecular weight is 440 g/mol. The summed E-state index contributed by atoms with van der Waals surface area (Å²) in [6, 6.07) is 8.92. The number of nitrogens with zero attached hydrogens (tertiary/aromatic N) is 8. The lowest BCUT2D eigenvalue weighted by Gasteiger charge is -2.35. The van der Waals surface area contributed by atoms with Gasteiger partial charge in [-0.1, -0.05) is 6.07 Å². The second kappa shape index (κ2) is 7.01. The van der Waals surface area contributed by atoms with Crippen molar-refractivity contribution in [3.8, 4) is 0 Å². The molecular weight excluding hydrogens is 420 g/mol. The van der Waals surface area contributed by atoms with Crippen LogP contribution in [0.3, 0.4) is 0 Å². The number of sulfone groups is 1. The van der Waals surface area contributed by atoms with Crippen LogP contribution in [-0.4, -0.2) is 80.9 Å². The van der Waals surface area contributed by atoms with Crippen molar-refractivity contribution in [1.29, 1.82) is 0 Å². The fourth-order valence-corrected chi connectivity index (χ4v) is 4.55. The summed E-state index contributed by atoms with van der Waals surface area (Å²) >= 11 is 0. The molecule has 12 heteroatoms. The molecule has 0 atom stereocenters. The molecule has 5 heterocycles. The van der Waals surface area contributed by atoms with Crippen LogP contribution in [0.5, 0.6) is 0 Å². The second-order valence-corrected chi connectivity index (χ2v) is 9.37. The number of rotatable bonds is 3. The first-order valence-electron chi connectivity index (χ1n) is 9.73. The van der Waals surface area contributed by atoms with Gasteiger partial charge in [0.05, 0.1) is 5.52 Å². The molecule has 1 aliphatic heterocycles. The average Bonchev–Trinajstić information content (AvgIpc) is 3.34. The summed E-state index contributed by atoms with van der Waals surface area (Å²) in [6.07, 6.45) is 2.69. The number of aryl methyl sites for hydroxylation is 1. The lowest BCUT2D eigenvalue weighted by Crippen LogP contribution is -2.49. The third-order valence-electron chi connectivity index (χ3n) is 5.35. The van der Waals surface area contributed by atoms with Gasteiger partial charge >= 0.3 is 0 Å². The molecule has 1 fully saturated rings. The molecule has 1 saturated heterocycles. The van der Waals surface area contributed by atoms with Crippen LogP contribution in [0.2, 0.25) is 0 Å². The smallest absolute Gasteiger partial charge is 0.274 e. The van der Waals surface area contributed by atoms with Crippen molar-refractivity contribution in [2.45, 2.75) is 12.1 Å². The van der Waals surface area contributed by atoms with Crippen LogP contribution in [0.4, 0.5) is 5.82 Å². The number of hydrogen-bond donors (Lipinski definition) is 0. The van der Waals surface area contributed by atoms with Crippen molar-refractivity contribution < 1.29 is 13.2 Å². The van der Waals surface area contributed by atoms with Crippen molar-refractivity contribution in [3.05, 3.63) is 48.0 Å². The van der Waals surface area contributed by atoms with Crippen molar-refractivity contribution in [3.63, 3.8) is 0 Å². The number of anilines is 1. The molecule has 0 bridgehead atoms. The Hall–Kier alpha value is -3.54. The fourth-order valence-electron chi connectivity index (χ4n) is 3.77. The van der Waals surface area contributed by atoms with Crippen molar-refractivity contribution >= 4 is 32.7 Å². The molecule has 31 heavy (non-hydrogen) atoms. The maximum Gasteiger partial charge on any atom is 0.274 e. The Morgan fingerprint density at radius 1 is 1.03 bits per heavy atom. The molecule has 0 unspecified atom stereocenters. The molecule has 1 aliphatic rings. The SMILES string of the molecule is Cc1nnc2ccc(N3CCN(C(=O)c4nc(S(C)(=O)=O)n5ccccc45)CC3)nn12. The lowest BCUT2D eigenvalue weighted by molar-refractivity contribution is 0.0742. The number of hydrogen-bond acceptors (Lipinski definition) is 8. The summed E-state index contributed by atoms with van der Waals surface area (Å²) in [5, 5.41) is 12.5. The maximum atomic E-state index is 13.2. The molecule has 0 aliphatic carbocycles. The first-order valence-corrected chi connectivity index (χ1v) is 11.6. The van der Waals surface area contributed by atoms with E-state index in [1.54, 1.807) is 33.8 Å². The molecule has 0 spiro atoms. The molecule has 11 nitrogen and oxygen atoms in total. The third kappa shape index (κ3) is 3.28. The molecule has 160 valence electrons. The van der Waals surface area contributed by atoms with Gasteiger partial charge in [0.15, 0.2) is 17.2 Å². The van der Waals surface area contributed by atoms with E-state index < -0.39 is 9.84 Å². The van der Waals surface area contributed by atoms with E-state index in [0.29, 0.717) is 43.2 Å². The minimum atomic E-state index is -3.58. The number of amides is 1. The Labute approximate surface area is 177 Å². The summed E-state index contributed by atoms with van der Waals surface area (Å²) in [7, 11) is -3.58. The van der Waals surface area contributed by atoms with Gasteiger partial charge in [0.1, 0.15) is 5.82 Å². The van der Waals surface area contributed by atoms with Gasteiger partial charge in [0, 0.05) is 38.6 Å². The van der Waals surface area contributed by atoms with E-state index in [-0.39, 0.29) is 16.8 Å². The Morgan fingerprint density at radius 2 is 1.81 bits per heavy atom. The van der Waals surface area contributed by atoms with E-state index in [1.165, 1.54) is 4.40 Å². The van der Waals surface area contributed by atoms with Crippen LogP contribution >= 0.6 is 0 Å². The summed E-state index contributed by atoms with van der Waals surface area (Å²) in [5.41, 5.74) is 1.31. The van der Waals surface area contributed by atoms with E-state index in [9.17, 15) is 13.2 Å². The number of fused-ring (bicyclic) bond motifs is 2. The predicted molar refractivity (Wildman–Crippen MR) is 112 cm³/mol. The molecule has 4 aromatic rings. The van der Waals surface area contributed by atoms with Crippen molar-refractivity contribution in [2.24, 2.45) is 0 Å². The number of piperazine rings is 1. The highest BCUT2D eigenvalue weighted by Gasteiger charge is 2.28. The van der Waals surface area contributed by atoms with Gasteiger partial charge in [0.25, 0.3) is 5.91 Å². The predicted octanol–water partition coefficient (Wildman–Crippen LogP) is 0.446. The van der Waals surface area contributed by atoms with Crippen molar-refractivity contribution in [2.75, 3.05) is 37.3 Å². The number of pyridine rings is 1. The van der Waals surface area contributed by atoms with Crippen LogP contribution in [0.25, 0.3) is 11.2 Å². The van der Waals surface area contributed by atoms with Gasteiger partial charge in [-0.2, -0.15) is 4.52 Å². The van der Waals surface area contributed by atoms with Crippen molar-refractivity contribution in [1.82, 2.24) is 34.1 Å². The van der Waals surface area contributed by atoms with Crippen LogP contribution in [-0.2, 0) is 9.84 Å². The summed E-state index contributed by atoms with van der Waals surface area (Å²) in [6.45, 7) is 3.97. The second-order valence-electron chi connectivity index (χ2n) is 7.46. The van der Waals surface area contributed by atoms with Gasteiger partial charge in [-0.3, -0.25) is 9.20 Å².